The minimum absolute atomic E-state index is 0.0876. The summed E-state index contributed by atoms with van der Waals surface area (Å²) in [6.07, 6.45) is 1.49. The zero-order valence-corrected chi connectivity index (χ0v) is 15.8. The standard InChI is InChI=1S/C19H29N3O4/c1-4-25-19(24)22-11-9-15(10-12-22)20-13-18(23)21-16-5-7-17(8-6-16)26-14(2)3/h5-8,14-15,20H,4,9-13H2,1-3H3,(H,21,23). The second kappa shape index (κ2) is 10.0. The van der Waals surface area contributed by atoms with Gasteiger partial charge in [-0.25, -0.2) is 4.79 Å². The number of benzene rings is 1. The molecule has 0 radical (unpaired) electrons. The van der Waals surface area contributed by atoms with Crippen molar-refractivity contribution in [2.75, 3.05) is 31.6 Å². The van der Waals surface area contributed by atoms with Gasteiger partial charge in [-0.2, -0.15) is 0 Å². The summed E-state index contributed by atoms with van der Waals surface area (Å²) in [5.41, 5.74) is 0.741. The maximum absolute atomic E-state index is 12.1. The van der Waals surface area contributed by atoms with Crippen LogP contribution >= 0.6 is 0 Å². The molecule has 1 aromatic rings. The summed E-state index contributed by atoms with van der Waals surface area (Å²) < 4.78 is 10.6. The van der Waals surface area contributed by atoms with Gasteiger partial charge >= 0.3 is 6.09 Å². The molecule has 7 nitrogen and oxygen atoms in total. The first-order chi connectivity index (χ1) is 12.5. The van der Waals surface area contributed by atoms with Crippen molar-refractivity contribution in [2.24, 2.45) is 0 Å². The van der Waals surface area contributed by atoms with Crippen LogP contribution in [0.25, 0.3) is 0 Å². The molecule has 0 bridgehead atoms. The second-order valence-corrected chi connectivity index (χ2v) is 6.58. The van der Waals surface area contributed by atoms with Crippen molar-refractivity contribution in [3.63, 3.8) is 0 Å². The molecule has 0 aliphatic carbocycles. The Bertz CT molecular complexity index is 581. The first kappa shape index (κ1) is 20.0. The quantitative estimate of drug-likeness (QED) is 0.778. The summed E-state index contributed by atoms with van der Waals surface area (Å²) in [6.45, 7) is 7.67. The van der Waals surface area contributed by atoms with Crippen molar-refractivity contribution in [1.82, 2.24) is 10.2 Å². The lowest BCUT2D eigenvalue weighted by Crippen LogP contribution is -2.46. The van der Waals surface area contributed by atoms with Gasteiger partial charge in [0.15, 0.2) is 0 Å². The lowest BCUT2D eigenvalue weighted by atomic mass is 10.1. The summed E-state index contributed by atoms with van der Waals surface area (Å²) >= 11 is 0. The maximum Gasteiger partial charge on any atom is 0.409 e. The van der Waals surface area contributed by atoms with Gasteiger partial charge in [-0.15, -0.1) is 0 Å². The molecule has 1 aromatic carbocycles. The fourth-order valence-electron chi connectivity index (χ4n) is 2.81. The number of nitrogens with one attached hydrogen (secondary N) is 2. The van der Waals surface area contributed by atoms with Crippen LogP contribution in [0.1, 0.15) is 33.6 Å². The number of likely N-dealkylation sites (tertiary alicyclic amines) is 1. The minimum atomic E-state index is -0.256. The minimum Gasteiger partial charge on any atom is -0.491 e. The molecule has 1 heterocycles. The Balaban J connectivity index is 1.68. The fraction of sp³-hybridized carbons (Fsp3) is 0.579. The average molecular weight is 363 g/mol. The number of hydrogen-bond donors (Lipinski definition) is 2. The molecule has 1 aliphatic heterocycles. The SMILES string of the molecule is CCOC(=O)N1CCC(NCC(=O)Nc2ccc(OC(C)C)cc2)CC1. The van der Waals surface area contributed by atoms with Crippen LogP contribution in [-0.4, -0.2) is 55.3 Å². The number of carbonyl (C=O) groups excluding carboxylic acids is 2. The molecular formula is C19H29N3O4. The second-order valence-electron chi connectivity index (χ2n) is 6.58. The largest absolute Gasteiger partial charge is 0.491 e. The topological polar surface area (TPSA) is 79.9 Å². The van der Waals surface area contributed by atoms with E-state index in [1.165, 1.54) is 0 Å². The van der Waals surface area contributed by atoms with Crippen LogP contribution in [0.4, 0.5) is 10.5 Å². The number of hydrogen-bond acceptors (Lipinski definition) is 5. The van der Waals surface area contributed by atoms with Gasteiger partial charge in [0.05, 0.1) is 19.3 Å². The number of nitrogens with zero attached hydrogens (tertiary/aromatic N) is 1. The van der Waals surface area contributed by atoms with E-state index in [2.05, 4.69) is 10.6 Å². The highest BCUT2D eigenvalue weighted by Gasteiger charge is 2.23. The van der Waals surface area contributed by atoms with E-state index in [1.807, 2.05) is 38.1 Å². The van der Waals surface area contributed by atoms with Crippen LogP contribution < -0.4 is 15.4 Å². The van der Waals surface area contributed by atoms with Crippen LogP contribution in [0.2, 0.25) is 0 Å². The van der Waals surface area contributed by atoms with Crippen molar-refractivity contribution in [1.29, 1.82) is 0 Å². The Labute approximate surface area is 155 Å². The molecule has 144 valence electrons. The van der Waals surface area contributed by atoms with E-state index in [4.69, 9.17) is 9.47 Å². The number of anilines is 1. The third-order valence-corrected chi connectivity index (χ3v) is 4.08. The van der Waals surface area contributed by atoms with Crippen molar-refractivity contribution < 1.29 is 19.1 Å². The van der Waals surface area contributed by atoms with E-state index in [0.717, 1.165) is 24.3 Å². The van der Waals surface area contributed by atoms with Crippen LogP contribution in [0.5, 0.6) is 5.75 Å². The van der Waals surface area contributed by atoms with Crippen LogP contribution in [0, 0.1) is 0 Å². The molecule has 7 heteroatoms. The summed E-state index contributed by atoms with van der Waals surface area (Å²) in [6, 6.07) is 7.57. The molecule has 1 aliphatic rings. The lowest BCUT2D eigenvalue weighted by molar-refractivity contribution is -0.115. The van der Waals surface area contributed by atoms with E-state index in [1.54, 1.807) is 11.8 Å². The Kier molecular flexibility index (Phi) is 7.72. The van der Waals surface area contributed by atoms with Gasteiger partial charge in [0.2, 0.25) is 5.91 Å². The van der Waals surface area contributed by atoms with E-state index in [0.29, 0.717) is 19.7 Å². The van der Waals surface area contributed by atoms with Gasteiger partial charge < -0.3 is 25.0 Å². The highest BCUT2D eigenvalue weighted by molar-refractivity contribution is 5.92. The van der Waals surface area contributed by atoms with Crippen molar-refractivity contribution in [3.8, 4) is 5.75 Å². The molecule has 2 N–H and O–H groups in total. The summed E-state index contributed by atoms with van der Waals surface area (Å²) in [7, 11) is 0. The molecular weight excluding hydrogens is 334 g/mol. The molecule has 0 aromatic heterocycles. The third-order valence-electron chi connectivity index (χ3n) is 4.08. The summed E-state index contributed by atoms with van der Waals surface area (Å²) in [4.78, 5) is 25.5. The number of rotatable bonds is 7. The molecule has 2 amide bonds. The lowest BCUT2D eigenvalue weighted by Gasteiger charge is -2.31. The molecule has 0 unspecified atom stereocenters. The molecule has 1 fully saturated rings. The van der Waals surface area contributed by atoms with Crippen molar-refractivity contribution in [2.45, 2.75) is 45.8 Å². The smallest absolute Gasteiger partial charge is 0.409 e. The number of piperidine rings is 1. The monoisotopic (exact) mass is 363 g/mol. The van der Waals surface area contributed by atoms with Crippen LogP contribution in [-0.2, 0) is 9.53 Å². The predicted molar refractivity (Wildman–Crippen MR) is 100 cm³/mol. The average Bonchev–Trinajstić information content (AvgIpc) is 2.62. The highest BCUT2D eigenvalue weighted by atomic mass is 16.6. The Morgan fingerprint density at radius 1 is 1.19 bits per heavy atom. The highest BCUT2D eigenvalue weighted by Crippen LogP contribution is 2.17. The number of amides is 2. The molecule has 0 atom stereocenters. The molecule has 0 saturated carbocycles. The van der Waals surface area contributed by atoms with Crippen molar-refractivity contribution >= 4 is 17.7 Å². The predicted octanol–water partition coefficient (Wildman–Crippen LogP) is 2.62. The molecule has 2 rings (SSSR count). The zero-order chi connectivity index (χ0) is 18.9. The van der Waals surface area contributed by atoms with Crippen LogP contribution in [0.15, 0.2) is 24.3 Å². The Morgan fingerprint density at radius 3 is 2.42 bits per heavy atom. The number of carbonyl (C=O) groups is 2. The van der Waals surface area contributed by atoms with Gasteiger partial charge in [-0.05, 0) is 57.9 Å². The zero-order valence-electron chi connectivity index (χ0n) is 15.8. The third kappa shape index (κ3) is 6.55. The van der Waals surface area contributed by atoms with Crippen molar-refractivity contribution in [3.05, 3.63) is 24.3 Å². The van der Waals surface area contributed by atoms with Gasteiger partial charge in [0, 0.05) is 24.8 Å². The van der Waals surface area contributed by atoms with Gasteiger partial charge in [0.25, 0.3) is 0 Å². The van der Waals surface area contributed by atoms with E-state index >= 15 is 0 Å². The molecule has 1 saturated heterocycles. The first-order valence-electron chi connectivity index (χ1n) is 9.19. The summed E-state index contributed by atoms with van der Waals surface area (Å²) in [5, 5.41) is 6.12. The van der Waals surface area contributed by atoms with E-state index < -0.39 is 0 Å². The number of ether oxygens (including phenoxy) is 2. The van der Waals surface area contributed by atoms with Gasteiger partial charge in [-0.3, -0.25) is 4.79 Å². The van der Waals surface area contributed by atoms with Crippen LogP contribution in [0.3, 0.4) is 0 Å². The Morgan fingerprint density at radius 2 is 1.85 bits per heavy atom. The van der Waals surface area contributed by atoms with E-state index in [-0.39, 0.29) is 30.7 Å². The van der Waals surface area contributed by atoms with Gasteiger partial charge in [-0.1, -0.05) is 0 Å². The Hall–Kier alpha value is -2.28. The first-order valence-corrected chi connectivity index (χ1v) is 9.19. The molecule has 0 spiro atoms. The van der Waals surface area contributed by atoms with E-state index in [9.17, 15) is 9.59 Å². The van der Waals surface area contributed by atoms with Gasteiger partial charge in [0.1, 0.15) is 5.75 Å². The summed E-state index contributed by atoms with van der Waals surface area (Å²) in [5.74, 6) is 0.694. The fourth-order valence-corrected chi connectivity index (χ4v) is 2.81. The molecule has 26 heavy (non-hydrogen) atoms. The maximum atomic E-state index is 12.1. The normalized spacial score (nSPS) is 15.0.